The summed E-state index contributed by atoms with van der Waals surface area (Å²) in [6, 6.07) is 6.85. The van der Waals surface area contributed by atoms with Crippen LogP contribution in [0.25, 0.3) is 0 Å². The molecule has 1 saturated heterocycles. The van der Waals surface area contributed by atoms with Crippen molar-refractivity contribution < 1.29 is 0 Å². The van der Waals surface area contributed by atoms with Gasteiger partial charge in [-0.3, -0.25) is 0 Å². The Morgan fingerprint density at radius 2 is 2.33 bits per heavy atom. The molecule has 1 fully saturated rings. The number of likely N-dealkylation sites (N-methyl/N-ethyl adjacent to an activating group) is 1. The summed E-state index contributed by atoms with van der Waals surface area (Å²) < 4.78 is 0. The number of anilines is 1. The van der Waals surface area contributed by atoms with Crippen LogP contribution in [-0.2, 0) is 5.41 Å². The molecule has 2 nitrogen and oxygen atoms in total. The molecule has 0 unspecified atom stereocenters. The highest BCUT2D eigenvalue weighted by Crippen LogP contribution is 2.42. The minimum absolute atomic E-state index is 0.401. The van der Waals surface area contributed by atoms with Crippen LogP contribution < -0.4 is 10.8 Å². The molecule has 0 aliphatic carbocycles. The standard InChI is InChI=1S/C12H17BN2/c1-15-5-4-12(8-15)7-14-11-6-9(13)2-3-10(11)12/h2-3,6,14H,4-5,7-8,13H2,1H3/t12-/m0/s1. The predicted molar refractivity (Wildman–Crippen MR) is 66.9 cm³/mol. The van der Waals surface area contributed by atoms with E-state index in [1.165, 1.54) is 36.2 Å². The van der Waals surface area contributed by atoms with Crippen LogP contribution >= 0.6 is 0 Å². The van der Waals surface area contributed by atoms with Crippen molar-refractivity contribution in [3.8, 4) is 0 Å². The number of fused-ring (bicyclic) bond motifs is 2. The van der Waals surface area contributed by atoms with Gasteiger partial charge in [0.05, 0.1) is 0 Å². The van der Waals surface area contributed by atoms with Gasteiger partial charge in [-0.05, 0) is 31.6 Å². The molecule has 0 amide bonds. The number of benzene rings is 1. The van der Waals surface area contributed by atoms with Crippen molar-refractivity contribution in [1.29, 1.82) is 0 Å². The average molecular weight is 200 g/mol. The molecule has 3 heteroatoms. The van der Waals surface area contributed by atoms with Gasteiger partial charge in [-0.1, -0.05) is 17.6 Å². The maximum Gasteiger partial charge on any atom is 0.139 e. The zero-order chi connectivity index (χ0) is 10.5. The first-order valence-electron chi connectivity index (χ1n) is 5.73. The van der Waals surface area contributed by atoms with E-state index < -0.39 is 0 Å². The number of nitrogens with zero attached hydrogens (tertiary/aromatic N) is 1. The normalized spacial score (nSPS) is 29.4. The van der Waals surface area contributed by atoms with Gasteiger partial charge in [0.25, 0.3) is 0 Å². The van der Waals surface area contributed by atoms with Gasteiger partial charge in [0.15, 0.2) is 0 Å². The summed E-state index contributed by atoms with van der Waals surface area (Å²) >= 11 is 0. The Hall–Kier alpha value is -0.955. The van der Waals surface area contributed by atoms with Crippen LogP contribution in [0.3, 0.4) is 0 Å². The molecule has 0 radical (unpaired) electrons. The van der Waals surface area contributed by atoms with Gasteiger partial charge >= 0.3 is 0 Å². The summed E-state index contributed by atoms with van der Waals surface area (Å²) in [7, 11) is 4.38. The molecule has 0 bridgehead atoms. The highest BCUT2D eigenvalue weighted by Gasteiger charge is 2.42. The Balaban J connectivity index is 2.04. The lowest BCUT2D eigenvalue weighted by Crippen LogP contribution is -2.31. The van der Waals surface area contributed by atoms with Crippen molar-refractivity contribution in [3.05, 3.63) is 23.8 Å². The second kappa shape index (κ2) is 3.02. The molecule has 0 saturated carbocycles. The van der Waals surface area contributed by atoms with E-state index >= 15 is 0 Å². The van der Waals surface area contributed by atoms with E-state index in [0.717, 1.165) is 6.54 Å². The summed E-state index contributed by atoms with van der Waals surface area (Å²) in [4.78, 5) is 2.44. The van der Waals surface area contributed by atoms with Crippen LogP contribution in [-0.4, -0.2) is 39.4 Å². The van der Waals surface area contributed by atoms with E-state index in [0.29, 0.717) is 5.41 Å². The third-order valence-electron chi connectivity index (χ3n) is 3.91. The molecular formula is C12H17BN2. The van der Waals surface area contributed by atoms with E-state index in [1.54, 1.807) is 0 Å². The molecular weight excluding hydrogens is 183 g/mol. The lowest BCUT2D eigenvalue weighted by atomic mass is 9.80. The van der Waals surface area contributed by atoms with Gasteiger partial charge in [0, 0.05) is 24.2 Å². The van der Waals surface area contributed by atoms with Crippen LogP contribution in [0, 0.1) is 0 Å². The van der Waals surface area contributed by atoms with E-state index in [2.05, 4.69) is 43.3 Å². The summed E-state index contributed by atoms with van der Waals surface area (Å²) in [6.07, 6.45) is 1.30. The van der Waals surface area contributed by atoms with E-state index in [4.69, 9.17) is 0 Å². The maximum atomic E-state index is 3.57. The van der Waals surface area contributed by atoms with Crippen molar-refractivity contribution in [2.45, 2.75) is 11.8 Å². The van der Waals surface area contributed by atoms with Gasteiger partial charge in [-0.2, -0.15) is 0 Å². The first-order chi connectivity index (χ1) is 7.20. The summed E-state index contributed by atoms with van der Waals surface area (Å²) in [5.41, 5.74) is 4.66. The van der Waals surface area contributed by atoms with Gasteiger partial charge in [0.2, 0.25) is 0 Å². The highest BCUT2D eigenvalue weighted by molar-refractivity contribution is 6.32. The van der Waals surface area contributed by atoms with Crippen molar-refractivity contribution in [2.75, 3.05) is 32.0 Å². The smallest absolute Gasteiger partial charge is 0.139 e. The monoisotopic (exact) mass is 200 g/mol. The minimum Gasteiger partial charge on any atom is -0.384 e. The Bertz CT molecular complexity index is 405. The van der Waals surface area contributed by atoms with Crippen molar-refractivity contribution in [1.82, 2.24) is 4.90 Å². The molecule has 78 valence electrons. The molecule has 1 atom stereocenters. The molecule has 2 heterocycles. The molecule has 3 rings (SSSR count). The average Bonchev–Trinajstić information content (AvgIpc) is 2.73. The SMILES string of the molecule is Bc1ccc2c(c1)NC[C@]21CCN(C)C1. The van der Waals surface area contributed by atoms with Crippen LogP contribution in [0.1, 0.15) is 12.0 Å². The first kappa shape index (κ1) is 9.28. The molecule has 1 N–H and O–H groups in total. The topological polar surface area (TPSA) is 15.3 Å². The van der Waals surface area contributed by atoms with Gasteiger partial charge in [-0.15, -0.1) is 0 Å². The van der Waals surface area contributed by atoms with Gasteiger partial charge in [-0.25, -0.2) is 0 Å². The molecule has 1 spiro atoms. The summed E-state index contributed by atoms with van der Waals surface area (Å²) in [6.45, 7) is 3.56. The largest absolute Gasteiger partial charge is 0.384 e. The van der Waals surface area contributed by atoms with Crippen LogP contribution in [0.5, 0.6) is 0 Å². The number of likely N-dealkylation sites (tertiary alicyclic amines) is 1. The molecule has 1 aromatic rings. The number of hydrogen-bond acceptors (Lipinski definition) is 2. The zero-order valence-electron chi connectivity index (χ0n) is 9.51. The molecule has 0 aromatic heterocycles. The maximum absolute atomic E-state index is 3.57. The fraction of sp³-hybridized carbons (Fsp3) is 0.500. The molecule has 2 aliphatic heterocycles. The second-order valence-corrected chi connectivity index (χ2v) is 5.17. The Kier molecular flexibility index (Phi) is 1.87. The zero-order valence-corrected chi connectivity index (χ0v) is 9.51. The Morgan fingerprint density at radius 1 is 1.47 bits per heavy atom. The summed E-state index contributed by atoms with van der Waals surface area (Å²) in [5.74, 6) is 0. The number of nitrogens with one attached hydrogen (secondary N) is 1. The minimum atomic E-state index is 0.401. The summed E-state index contributed by atoms with van der Waals surface area (Å²) in [5, 5.41) is 3.57. The van der Waals surface area contributed by atoms with E-state index in [-0.39, 0.29) is 0 Å². The van der Waals surface area contributed by atoms with Gasteiger partial charge < -0.3 is 10.2 Å². The lowest BCUT2D eigenvalue weighted by Gasteiger charge is -2.23. The van der Waals surface area contributed by atoms with Crippen LogP contribution in [0.15, 0.2) is 18.2 Å². The molecule has 2 aliphatic rings. The number of hydrogen-bond donors (Lipinski definition) is 1. The molecule has 15 heavy (non-hydrogen) atoms. The Labute approximate surface area is 92.1 Å². The third kappa shape index (κ3) is 1.30. The predicted octanol–water partition coefficient (Wildman–Crippen LogP) is -0.0562. The van der Waals surface area contributed by atoms with Gasteiger partial charge in [0.1, 0.15) is 7.85 Å². The second-order valence-electron chi connectivity index (χ2n) is 5.17. The first-order valence-corrected chi connectivity index (χ1v) is 5.73. The van der Waals surface area contributed by atoms with Crippen molar-refractivity contribution in [2.24, 2.45) is 0 Å². The van der Waals surface area contributed by atoms with E-state index in [9.17, 15) is 0 Å². The Morgan fingerprint density at radius 3 is 3.07 bits per heavy atom. The van der Waals surface area contributed by atoms with Crippen molar-refractivity contribution >= 4 is 19.0 Å². The lowest BCUT2D eigenvalue weighted by molar-refractivity contribution is 0.381. The van der Waals surface area contributed by atoms with E-state index in [1.807, 2.05) is 0 Å². The quantitative estimate of drug-likeness (QED) is 0.590. The number of rotatable bonds is 0. The van der Waals surface area contributed by atoms with Crippen LogP contribution in [0.4, 0.5) is 5.69 Å². The fourth-order valence-corrected chi connectivity index (χ4v) is 3.07. The third-order valence-corrected chi connectivity index (χ3v) is 3.91. The van der Waals surface area contributed by atoms with Crippen LogP contribution in [0.2, 0.25) is 0 Å². The fourth-order valence-electron chi connectivity index (χ4n) is 3.07. The van der Waals surface area contributed by atoms with Crippen molar-refractivity contribution in [3.63, 3.8) is 0 Å². The molecule has 1 aromatic carbocycles. The highest BCUT2D eigenvalue weighted by atomic mass is 15.1.